The van der Waals surface area contributed by atoms with E-state index in [4.69, 9.17) is 18.2 Å². The zero-order valence-corrected chi connectivity index (χ0v) is 8.83. The van der Waals surface area contributed by atoms with Crippen LogP contribution in [0.4, 0.5) is 18.9 Å². The Morgan fingerprint density at radius 2 is 1.93 bits per heavy atom. The van der Waals surface area contributed by atoms with Crippen molar-refractivity contribution in [1.29, 1.82) is 0 Å². The smallest absolute Gasteiger partial charge is 0.235 e. The Morgan fingerprint density at radius 3 is 2.29 bits per heavy atom. The third kappa shape index (κ3) is 2.20. The van der Waals surface area contributed by atoms with Crippen LogP contribution >= 0.6 is 27.5 Å². The second kappa shape index (κ2) is 3.79. The molecular weight excluding hydrogens is 282 g/mol. The maximum absolute atomic E-state index is 12.2. The molecule has 0 unspecified atom stereocenters. The first-order valence-corrected chi connectivity index (χ1v) is 4.47. The lowest BCUT2D eigenvalue weighted by atomic mass is 10.2. The van der Waals surface area contributed by atoms with E-state index in [1.54, 1.807) is 0 Å². The molecular formula is C8H2BrClF3N. The molecule has 6 heteroatoms. The minimum Gasteiger partial charge on any atom is -0.235 e. The van der Waals surface area contributed by atoms with Crippen LogP contribution in [0.3, 0.4) is 0 Å². The molecule has 0 N–H and O–H groups in total. The molecule has 0 saturated heterocycles. The van der Waals surface area contributed by atoms with Gasteiger partial charge in [0.2, 0.25) is 5.69 Å². The lowest BCUT2D eigenvalue weighted by molar-refractivity contribution is -0.137. The normalized spacial score (nSPS) is 11.1. The highest BCUT2D eigenvalue weighted by molar-refractivity contribution is 9.10. The molecule has 0 aromatic heterocycles. The Labute approximate surface area is 91.4 Å². The van der Waals surface area contributed by atoms with Gasteiger partial charge in [0, 0.05) is 9.50 Å². The summed E-state index contributed by atoms with van der Waals surface area (Å²) >= 11 is 8.35. The van der Waals surface area contributed by atoms with Gasteiger partial charge in [-0.1, -0.05) is 27.5 Å². The highest BCUT2D eigenvalue weighted by Crippen LogP contribution is 2.39. The number of benzene rings is 1. The SMILES string of the molecule is [C-]#[N+]c1c(Cl)cc(C(F)(F)F)cc1Br. The van der Waals surface area contributed by atoms with Crippen molar-refractivity contribution in [1.82, 2.24) is 0 Å². The molecule has 0 radical (unpaired) electrons. The molecule has 0 amide bonds. The topological polar surface area (TPSA) is 4.36 Å². The van der Waals surface area contributed by atoms with Gasteiger partial charge in [-0.25, -0.2) is 4.85 Å². The van der Waals surface area contributed by atoms with Crippen molar-refractivity contribution in [2.24, 2.45) is 0 Å². The van der Waals surface area contributed by atoms with Crippen molar-refractivity contribution >= 4 is 33.2 Å². The fourth-order valence-corrected chi connectivity index (χ4v) is 1.76. The van der Waals surface area contributed by atoms with Gasteiger partial charge in [-0.3, -0.25) is 0 Å². The third-order valence-corrected chi connectivity index (χ3v) is 2.35. The van der Waals surface area contributed by atoms with Crippen LogP contribution in [0.5, 0.6) is 0 Å². The zero-order valence-electron chi connectivity index (χ0n) is 6.49. The van der Waals surface area contributed by atoms with Crippen LogP contribution in [-0.2, 0) is 6.18 Å². The van der Waals surface area contributed by atoms with E-state index in [1.165, 1.54) is 0 Å². The second-order valence-electron chi connectivity index (χ2n) is 2.40. The highest BCUT2D eigenvalue weighted by atomic mass is 79.9. The molecule has 0 bridgehead atoms. The Balaban J connectivity index is 3.37. The monoisotopic (exact) mass is 283 g/mol. The predicted octanol–water partition coefficient (Wildman–Crippen LogP) is 4.67. The first kappa shape index (κ1) is 11.3. The molecule has 0 saturated carbocycles. The van der Waals surface area contributed by atoms with Gasteiger partial charge < -0.3 is 0 Å². The molecule has 1 aromatic rings. The van der Waals surface area contributed by atoms with Crippen LogP contribution in [0.25, 0.3) is 4.85 Å². The van der Waals surface area contributed by atoms with E-state index in [2.05, 4.69) is 20.8 Å². The maximum atomic E-state index is 12.2. The molecule has 0 aliphatic heterocycles. The first-order valence-electron chi connectivity index (χ1n) is 3.30. The highest BCUT2D eigenvalue weighted by Gasteiger charge is 2.31. The lowest BCUT2D eigenvalue weighted by Gasteiger charge is -2.08. The summed E-state index contributed by atoms with van der Waals surface area (Å²) in [7, 11) is 0. The molecule has 0 aliphatic rings. The van der Waals surface area contributed by atoms with Gasteiger partial charge in [-0.15, -0.1) is 0 Å². The fraction of sp³-hybridized carbons (Fsp3) is 0.125. The molecule has 14 heavy (non-hydrogen) atoms. The zero-order chi connectivity index (χ0) is 10.9. The summed E-state index contributed by atoms with van der Waals surface area (Å²) in [4.78, 5) is 3.00. The van der Waals surface area contributed by atoms with Crippen molar-refractivity contribution in [3.8, 4) is 0 Å². The van der Waals surface area contributed by atoms with Gasteiger partial charge in [0.15, 0.2) is 0 Å². The Bertz CT molecular complexity index is 385. The van der Waals surface area contributed by atoms with Crippen molar-refractivity contribution in [3.05, 3.63) is 38.6 Å². The first-order chi connectivity index (χ1) is 6.36. The number of rotatable bonds is 0. The third-order valence-electron chi connectivity index (χ3n) is 1.46. The average molecular weight is 284 g/mol. The number of hydrogen-bond acceptors (Lipinski definition) is 0. The minimum atomic E-state index is -4.45. The van der Waals surface area contributed by atoms with E-state index < -0.39 is 11.7 Å². The largest absolute Gasteiger partial charge is 0.416 e. The quantitative estimate of drug-likeness (QED) is 0.610. The molecule has 0 heterocycles. The Morgan fingerprint density at radius 1 is 1.36 bits per heavy atom. The van der Waals surface area contributed by atoms with Crippen LogP contribution in [-0.4, -0.2) is 0 Å². The van der Waals surface area contributed by atoms with Crippen molar-refractivity contribution in [2.45, 2.75) is 6.18 Å². The second-order valence-corrected chi connectivity index (χ2v) is 3.66. The van der Waals surface area contributed by atoms with Gasteiger partial charge >= 0.3 is 6.18 Å². The molecule has 1 rings (SSSR count). The molecule has 0 atom stereocenters. The van der Waals surface area contributed by atoms with Crippen LogP contribution in [0.2, 0.25) is 5.02 Å². The number of nitrogens with zero attached hydrogens (tertiary/aromatic N) is 1. The molecule has 1 aromatic carbocycles. The lowest BCUT2D eigenvalue weighted by Crippen LogP contribution is -2.04. The Kier molecular flexibility index (Phi) is 3.07. The van der Waals surface area contributed by atoms with Crippen LogP contribution in [0.1, 0.15) is 5.56 Å². The van der Waals surface area contributed by atoms with Gasteiger partial charge in [-0.05, 0) is 12.1 Å². The van der Waals surface area contributed by atoms with E-state index in [0.29, 0.717) is 0 Å². The summed E-state index contributed by atoms with van der Waals surface area (Å²) < 4.78 is 36.7. The molecule has 0 aliphatic carbocycles. The average Bonchev–Trinajstić information content (AvgIpc) is 2.01. The predicted molar refractivity (Wildman–Crippen MR) is 50.4 cm³/mol. The summed E-state index contributed by atoms with van der Waals surface area (Å²) in [6, 6.07) is 1.57. The molecule has 0 fully saturated rings. The van der Waals surface area contributed by atoms with E-state index in [-0.39, 0.29) is 15.2 Å². The summed E-state index contributed by atoms with van der Waals surface area (Å²) in [5, 5.41) is -0.207. The van der Waals surface area contributed by atoms with E-state index in [9.17, 15) is 13.2 Å². The van der Waals surface area contributed by atoms with Gasteiger partial charge in [0.25, 0.3) is 0 Å². The van der Waals surface area contributed by atoms with Crippen LogP contribution in [0, 0.1) is 6.57 Å². The summed E-state index contributed by atoms with van der Waals surface area (Å²) in [6.45, 7) is 6.68. The van der Waals surface area contributed by atoms with Gasteiger partial charge in [-0.2, -0.15) is 13.2 Å². The van der Waals surface area contributed by atoms with Crippen LogP contribution < -0.4 is 0 Å². The number of alkyl halides is 3. The molecule has 1 nitrogen and oxygen atoms in total. The number of halogens is 5. The number of hydrogen-bond donors (Lipinski definition) is 0. The van der Waals surface area contributed by atoms with E-state index in [0.717, 1.165) is 12.1 Å². The summed E-state index contributed by atoms with van der Waals surface area (Å²) in [5.41, 5.74) is -0.888. The summed E-state index contributed by atoms with van der Waals surface area (Å²) in [6.07, 6.45) is -4.45. The molecule has 74 valence electrons. The van der Waals surface area contributed by atoms with Gasteiger partial charge in [0.1, 0.15) is 0 Å². The van der Waals surface area contributed by atoms with Crippen molar-refractivity contribution in [2.75, 3.05) is 0 Å². The molecule has 0 spiro atoms. The van der Waals surface area contributed by atoms with Crippen molar-refractivity contribution in [3.63, 3.8) is 0 Å². The van der Waals surface area contributed by atoms with E-state index in [1.807, 2.05) is 0 Å². The van der Waals surface area contributed by atoms with Crippen LogP contribution in [0.15, 0.2) is 16.6 Å². The van der Waals surface area contributed by atoms with Crippen molar-refractivity contribution < 1.29 is 13.2 Å². The summed E-state index contributed by atoms with van der Waals surface area (Å²) in [5.74, 6) is 0. The fourth-order valence-electron chi connectivity index (χ4n) is 0.836. The maximum Gasteiger partial charge on any atom is 0.416 e. The Hall–Kier alpha value is -0.730. The van der Waals surface area contributed by atoms with Gasteiger partial charge in [0.05, 0.1) is 12.1 Å². The van der Waals surface area contributed by atoms with E-state index >= 15 is 0 Å². The standard InChI is InChI=1S/C8H2BrClF3N/c1-14-7-5(9)2-4(3-6(7)10)8(11,12)13/h2-3H. The minimum absolute atomic E-state index is 0.0142.